The molecule has 0 rings (SSSR count). The van der Waals surface area contributed by atoms with Gasteiger partial charge in [0.2, 0.25) is 0 Å². The number of rotatable bonds is 7. The van der Waals surface area contributed by atoms with Crippen molar-refractivity contribution in [2.24, 2.45) is 0 Å². The van der Waals surface area contributed by atoms with Crippen molar-refractivity contribution in [2.45, 2.75) is 32.9 Å². The molecule has 13 heavy (non-hydrogen) atoms. The van der Waals surface area contributed by atoms with Crippen molar-refractivity contribution in [3.05, 3.63) is 0 Å². The van der Waals surface area contributed by atoms with Crippen molar-refractivity contribution in [2.75, 3.05) is 34.0 Å². The summed E-state index contributed by atoms with van der Waals surface area (Å²) < 4.78 is 10.5. The van der Waals surface area contributed by atoms with Gasteiger partial charge < -0.3 is 9.47 Å². The highest BCUT2D eigenvalue weighted by atomic mass is 16.5. The minimum atomic E-state index is 0.366. The molecule has 0 bridgehead atoms. The summed E-state index contributed by atoms with van der Waals surface area (Å²) in [6, 6.07) is 0.894. The van der Waals surface area contributed by atoms with Crippen LogP contribution >= 0.6 is 0 Å². The average Bonchev–Trinajstić information content (AvgIpc) is 2.11. The number of likely N-dealkylation sites (N-methyl/N-ethyl adjacent to an activating group) is 1. The summed E-state index contributed by atoms with van der Waals surface area (Å²) in [5.74, 6) is 0. The lowest BCUT2D eigenvalue weighted by Gasteiger charge is -2.30. The number of hydrogen-bond donors (Lipinski definition) is 0. The zero-order valence-electron chi connectivity index (χ0n) is 9.54. The van der Waals surface area contributed by atoms with Crippen molar-refractivity contribution >= 4 is 0 Å². The van der Waals surface area contributed by atoms with Crippen molar-refractivity contribution in [1.29, 1.82) is 0 Å². The standard InChI is InChI=1S/C10H23NO2/c1-6-13-8-10(7-12-5)11(4)9(2)3/h9-10H,6-8H2,1-5H3. The van der Waals surface area contributed by atoms with Crippen molar-refractivity contribution in [1.82, 2.24) is 4.90 Å². The lowest BCUT2D eigenvalue weighted by molar-refractivity contribution is 0.0215. The van der Waals surface area contributed by atoms with E-state index in [9.17, 15) is 0 Å². The van der Waals surface area contributed by atoms with Crippen LogP contribution in [0.5, 0.6) is 0 Å². The van der Waals surface area contributed by atoms with Gasteiger partial charge in [0.1, 0.15) is 0 Å². The summed E-state index contributed by atoms with van der Waals surface area (Å²) in [5.41, 5.74) is 0. The molecule has 0 radical (unpaired) electrons. The molecule has 0 amide bonds. The Labute approximate surface area is 82.0 Å². The zero-order valence-corrected chi connectivity index (χ0v) is 9.54. The molecule has 1 atom stereocenters. The van der Waals surface area contributed by atoms with E-state index in [4.69, 9.17) is 9.47 Å². The quantitative estimate of drug-likeness (QED) is 0.604. The van der Waals surface area contributed by atoms with Crippen LogP contribution in [0.1, 0.15) is 20.8 Å². The fraction of sp³-hybridized carbons (Fsp3) is 1.00. The van der Waals surface area contributed by atoms with Crippen molar-refractivity contribution < 1.29 is 9.47 Å². The van der Waals surface area contributed by atoms with E-state index in [1.807, 2.05) is 6.92 Å². The summed E-state index contributed by atoms with van der Waals surface area (Å²) in [6.07, 6.45) is 0. The van der Waals surface area contributed by atoms with Gasteiger partial charge in [0.15, 0.2) is 0 Å². The molecule has 0 N–H and O–H groups in total. The molecule has 1 unspecified atom stereocenters. The predicted molar refractivity (Wildman–Crippen MR) is 55.1 cm³/mol. The second kappa shape index (κ2) is 7.30. The second-order valence-electron chi connectivity index (χ2n) is 3.53. The smallest absolute Gasteiger partial charge is 0.0644 e. The zero-order chi connectivity index (χ0) is 10.3. The highest BCUT2D eigenvalue weighted by Gasteiger charge is 2.16. The number of nitrogens with zero attached hydrogens (tertiary/aromatic N) is 1. The van der Waals surface area contributed by atoms with Gasteiger partial charge in [-0.2, -0.15) is 0 Å². The van der Waals surface area contributed by atoms with Crippen LogP contribution in [-0.4, -0.2) is 51.0 Å². The lowest BCUT2D eigenvalue weighted by atomic mass is 10.2. The van der Waals surface area contributed by atoms with E-state index in [-0.39, 0.29) is 0 Å². The van der Waals surface area contributed by atoms with Crippen LogP contribution in [0.15, 0.2) is 0 Å². The Balaban J connectivity index is 3.90. The maximum atomic E-state index is 5.40. The molecule has 3 heteroatoms. The number of methoxy groups -OCH3 is 1. The van der Waals surface area contributed by atoms with E-state index in [0.29, 0.717) is 12.1 Å². The molecule has 0 heterocycles. The topological polar surface area (TPSA) is 21.7 Å². The van der Waals surface area contributed by atoms with E-state index in [1.165, 1.54) is 0 Å². The molecule has 0 saturated carbocycles. The van der Waals surface area contributed by atoms with E-state index >= 15 is 0 Å². The summed E-state index contributed by atoms with van der Waals surface area (Å²) in [5, 5.41) is 0. The van der Waals surface area contributed by atoms with Gasteiger partial charge in [-0.25, -0.2) is 0 Å². The van der Waals surface area contributed by atoms with E-state index in [2.05, 4.69) is 25.8 Å². The van der Waals surface area contributed by atoms with Gasteiger partial charge in [0, 0.05) is 19.8 Å². The van der Waals surface area contributed by atoms with Gasteiger partial charge in [-0.3, -0.25) is 4.90 Å². The van der Waals surface area contributed by atoms with Crippen LogP contribution in [0.2, 0.25) is 0 Å². The van der Waals surface area contributed by atoms with Crippen molar-refractivity contribution in [3.63, 3.8) is 0 Å². The monoisotopic (exact) mass is 189 g/mol. The molecule has 3 nitrogen and oxygen atoms in total. The lowest BCUT2D eigenvalue weighted by Crippen LogP contribution is -2.43. The summed E-state index contributed by atoms with van der Waals surface area (Å²) in [4.78, 5) is 2.28. The molecular weight excluding hydrogens is 166 g/mol. The van der Waals surface area contributed by atoms with Gasteiger partial charge in [0.05, 0.1) is 19.3 Å². The Morgan fingerprint density at radius 2 is 1.85 bits per heavy atom. The van der Waals surface area contributed by atoms with Gasteiger partial charge in [0.25, 0.3) is 0 Å². The van der Waals surface area contributed by atoms with Crippen LogP contribution in [0.4, 0.5) is 0 Å². The molecule has 0 aromatic carbocycles. The van der Waals surface area contributed by atoms with E-state index < -0.39 is 0 Å². The van der Waals surface area contributed by atoms with Gasteiger partial charge in [-0.15, -0.1) is 0 Å². The molecule has 0 aliphatic rings. The van der Waals surface area contributed by atoms with Crippen molar-refractivity contribution in [3.8, 4) is 0 Å². The van der Waals surface area contributed by atoms with Crippen LogP contribution in [0, 0.1) is 0 Å². The molecule has 0 aromatic heterocycles. The Morgan fingerprint density at radius 1 is 1.23 bits per heavy atom. The molecule has 0 aliphatic heterocycles. The molecule has 80 valence electrons. The second-order valence-corrected chi connectivity index (χ2v) is 3.53. The summed E-state index contributed by atoms with van der Waals surface area (Å²) in [6.45, 7) is 8.61. The first-order valence-electron chi connectivity index (χ1n) is 4.92. The third kappa shape index (κ3) is 5.24. The van der Waals surface area contributed by atoms with E-state index in [1.54, 1.807) is 7.11 Å². The Morgan fingerprint density at radius 3 is 2.23 bits per heavy atom. The molecule has 0 spiro atoms. The Bertz CT molecular complexity index is 117. The first kappa shape index (κ1) is 12.9. The molecule has 0 saturated heterocycles. The van der Waals surface area contributed by atoms with Crippen LogP contribution < -0.4 is 0 Å². The molecule has 0 aromatic rings. The maximum Gasteiger partial charge on any atom is 0.0644 e. The molecular formula is C10H23NO2. The first-order chi connectivity index (χ1) is 6.13. The highest BCUT2D eigenvalue weighted by molar-refractivity contribution is 4.70. The summed E-state index contributed by atoms with van der Waals surface area (Å²) in [7, 11) is 3.83. The van der Waals surface area contributed by atoms with Crippen LogP contribution in [0.3, 0.4) is 0 Å². The third-order valence-electron chi connectivity index (χ3n) is 2.26. The largest absolute Gasteiger partial charge is 0.383 e. The molecule has 0 aliphatic carbocycles. The Kier molecular flexibility index (Phi) is 7.23. The first-order valence-corrected chi connectivity index (χ1v) is 4.92. The number of ether oxygens (including phenoxy) is 2. The Hall–Kier alpha value is -0.120. The maximum absolute atomic E-state index is 5.40. The predicted octanol–water partition coefficient (Wildman–Crippen LogP) is 1.38. The fourth-order valence-electron chi connectivity index (χ4n) is 1.15. The molecule has 0 fully saturated rings. The average molecular weight is 189 g/mol. The minimum absolute atomic E-state index is 0.366. The number of hydrogen-bond acceptors (Lipinski definition) is 3. The van der Waals surface area contributed by atoms with Gasteiger partial charge in [-0.05, 0) is 27.8 Å². The van der Waals surface area contributed by atoms with Crippen LogP contribution in [0.25, 0.3) is 0 Å². The minimum Gasteiger partial charge on any atom is -0.383 e. The van der Waals surface area contributed by atoms with Gasteiger partial charge in [-0.1, -0.05) is 0 Å². The van der Waals surface area contributed by atoms with Crippen LogP contribution in [-0.2, 0) is 9.47 Å². The van der Waals surface area contributed by atoms with E-state index in [0.717, 1.165) is 19.8 Å². The SMILES string of the molecule is CCOCC(COC)N(C)C(C)C. The normalized spacial score (nSPS) is 14.1. The third-order valence-corrected chi connectivity index (χ3v) is 2.26. The highest BCUT2D eigenvalue weighted by Crippen LogP contribution is 2.03. The van der Waals surface area contributed by atoms with Gasteiger partial charge >= 0.3 is 0 Å². The summed E-state index contributed by atoms with van der Waals surface area (Å²) >= 11 is 0. The fourth-order valence-corrected chi connectivity index (χ4v) is 1.15.